The Hall–Kier alpha value is 0.140. The summed E-state index contributed by atoms with van der Waals surface area (Å²) in [7, 11) is 2.04. The summed E-state index contributed by atoms with van der Waals surface area (Å²) in [4.78, 5) is 1.46. The van der Waals surface area contributed by atoms with E-state index in [1.165, 1.54) is 21.5 Å². The molecule has 0 aromatic carbocycles. The second kappa shape index (κ2) is 5.78. The van der Waals surface area contributed by atoms with Gasteiger partial charge in [0.1, 0.15) is 0 Å². The Labute approximate surface area is 92.7 Å². The molecule has 1 aromatic rings. The van der Waals surface area contributed by atoms with Gasteiger partial charge in [-0.05, 0) is 48.0 Å². The zero-order chi connectivity index (χ0) is 9.68. The first-order valence-electron chi connectivity index (χ1n) is 4.67. The van der Waals surface area contributed by atoms with Crippen molar-refractivity contribution in [2.75, 3.05) is 7.05 Å². The molecule has 0 aliphatic rings. The van der Waals surface area contributed by atoms with Crippen LogP contribution in [0.1, 0.15) is 24.6 Å². The zero-order valence-corrected chi connectivity index (χ0v) is 10.5. The lowest BCUT2D eigenvalue weighted by Gasteiger charge is -2.13. The van der Waals surface area contributed by atoms with E-state index in [1.54, 1.807) is 0 Å². The van der Waals surface area contributed by atoms with Crippen LogP contribution in [0.3, 0.4) is 0 Å². The van der Waals surface area contributed by atoms with E-state index in [-0.39, 0.29) is 0 Å². The predicted molar refractivity (Wildman–Crippen MR) is 63.5 cm³/mol. The van der Waals surface area contributed by atoms with Crippen molar-refractivity contribution in [1.82, 2.24) is 5.32 Å². The van der Waals surface area contributed by atoms with Crippen molar-refractivity contribution in [2.45, 2.75) is 32.2 Å². The topological polar surface area (TPSA) is 12.0 Å². The monoisotopic (exact) mass is 261 g/mol. The fourth-order valence-electron chi connectivity index (χ4n) is 1.40. The van der Waals surface area contributed by atoms with Gasteiger partial charge in [0.15, 0.2) is 0 Å². The summed E-state index contributed by atoms with van der Waals surface area (Å²) in [6.07, 6.45) is 3.66. The summed E-state index contributed by atoms with van der Waals surface area (Å²) in [5, 5.41) is 3.35. The lowest BCUT2D eigenvalue weighted by molar-refractivity contribution is 0.517. The van der Waals surface area contributed by atoms with Gasteiger partial charge >= 0.3 is 0 Å². The number of likely N-dealkylation sites (N-methyl/N-ethyl adjacent to an activating group) is 1. The molecule has 0 spiro atoms. The highest BCUT2D eigenvalue weighted by atomic mass is 79.9. The lowest BCUT2D eigenvalue weighted by atomic mass is 10.1. The molecule has 0 bridgehead atoms. The van der Waals surface area contributed by atoms with Crippen molar-refractivity contribution in [3.63, 3.8) is 0 Å². The molecule has 1 nitrogen and oxygen atoms in total. The number of hydrogen-bond donors (Lipinski definition) is 1. The standard InChI is InChI=1S/C10H16BrNS/c1-3-4-8(12-2)7-9-5-6-10(11)13-9/h5-6,8,12H,3-4,7H2,1-2H3. The van der Waals surface area contributed by atoms with Crippen LogP contribution in [0.15, 0.2) is 15.9 Å². The minimum atomic E-state index is 0.635. The fraction of sp³-hybridized carbons (Fsp3) is 0.600. The summed E-state index contributed by atoms with van der Waals surface area (Å²) in [6, 6.07) is 4.96. The van der Waals surface area contributed by atoms with Gasteiger partial charge in [-0.3, -0.25) is 0 Å². The fourth-order valence-corrected chi connectivity index (χ4v) is 2.96. The Morgan fingerprint density at radius 2 is 2.31 bits per heavy atom. The third-order valence-corrected chi connectivity index (χ3v) is 3.77. The highest BCUT2D eigenvalue weighted by molar-refractivity contribution is 9.11. The van der Waals surface area contributed by atoms with E-state index in [2.05, 4.69) is 40.3 Å². The molecule has 1 N–H and O–H groups in total. The smallest absolute Gasteiger partial charge is 0.0701 e. The first-order valence-corrected chi connectivity index (χ1v) is 6.28. The average Bonchev–Trinajstić information content (AvgIpc) is 2.50. The molecule has 1 rings (SSSR count). The Balaban J connectivity index is 2.46. The van der Waals surface area contributed by atoms with Gasteiger partial charge < -0.3 is 5.32 Å². The molecule has 3 heteroatoms. The third-order valence-electron chi connectivity index (χ3n) is 2.12. The molecule has 0 aliphatic carbocycles. The van der Waals surface area contributed by atoms with Crippen molar-refractivity contribution in [3.05, 3.63) is 20.8 Å². The van der Waals surface area contributed by atoms with Gasteiger partial charge in [0, 0.05) is 10.9 Å². The molecular weight excluding hydrogens is 246 g/mol. The molecule has 1 aromatic heterocycles. The van der Waals surface area contributed by atoms with E-state index in [1.807, 2.05) is 18.4 Å². The van der Waals surface area contributed by atoms with E-state index in [0.29, 0.717) is 6.04 Å². The van der Waals surface area contributed by atoms with Gasteiger partial charge in [-0.2, -0.15) is 0 Å². The molecular formula is C10H16BrNS. The number of nitrogens with one attached hydrogen (secondary N) is 1. The maximum atomic E-state index is 3.48. The predicted octanol–water partition coefficient (Wildman–Crippen LogP) is 3.44. The minimum absolute atomic E-state index is 0.635. The van der Waals surface area contributed by atoms with Crippen LogP contribution >= 0.6 is 27.3 Å². The van der Waals surface area contributed by atoms with Crippen molar-refractivity contribution < 1.29 is 0 Å². The molecule has 1 unspecified atom stereocenters. The normalized spacial score (nSPS) is 13.2. The quantitative estimate of drug-likeness (QED) is 0.857. The molecule has 0 aliphatic heterocycles. The van der Waals surface area contributed by atoms with Crippen molar-refractivity contribution >= 4 is 27.3 Å². The van der Waals surface area contributed by atoms with E-state index in [9.17, 15) is 0 Å². The highest BCUT2D eigenvalue weighted by Gasteiger charge is 2.07. The molecule has 0 saturated heterocycles. The highest BCUT2D eigenvalue weighted by Crippen LogP contribution is 2.23. The molecule has 0 saturated carbocycles. The number of rotatable bonds is 5. The summed E-state index contributed by atoms with van der Waals surface area (Å²) in [6.45, 7) is 2.23. The summed E-state index contributed by atoms with van der Waals surface area (Å²) >= 11 is 5.32. The third kappa shape index (κ3) is 3.79. The van der Waals surface area contributed by atoms with Crippen LogP contribution in [-0.2, 0) is 6.42 Å². The van der Waals surface area contributed by atoms with Gasteiger partial charge in [-0.15, -0.1) is 11.3 Å². The van der Waals surface area contributed by atoms with Crippen LogP contribution in [0.4, 0.5) is 0 Å². The number of halogens is 1. The molecule has 1 atom stereocenters. The van der Waals surface area contributed by atoms with E-state index < -0.39 is 0 Å². The summed E-state index contributed by atoms with van der Waals surface area (Å²) < 4.78 is 1.23. The van der Waals surface area contributed by atoms with Gasteiger partial charge in [0.05, 0.1) is 3.79 Å². The first kappa shape index (κ1) is 11.2. The van der Waals surface area contributed by atoms with Crippen molar-refractivity contribution in [2.24, 2.45) is 0 Å². The van der Waals surface area contributed by atoms with E-state index in [4.69, 9.17) is 0 Å². The van der Waals surface area contributed by atoms with Crippen LogP contribution in [0.2, 0.25) is 0 Å². The molecule has 0 fully saturated rings. The van der Waals surface area contributed by atoms with Gasteiger partial charge in [0.2, 0.25) is 0 Å². The minimum Gasteiger partial charge on any atom is -0.317 e. The van der Waals surface area contributed by atoms with Crippen LogP contribution in [0.25, 0.3) is 0 Å². The molecule has 13 heavy (non-hydrogen) atoms. The Morgan fingerprint density at radius 3 is 2.77 bits per heavy atom. The molecule has 1 heterocycles. The van der Waals surface area contributed by atoms with Gasteiger partial charge in [-0.1, -0.05) is 13.3 Å². The van der Waals surface area contributed by atoms with Crippen LogP contribution < -0.4 is 5.32 Å². The number of hydrogen-bond acceptors (Lipinski definition) is 2. The maximum absolute atomic E-state index is 3.48. The second-order valence-corrected chi connectivity index (χ2v) is 5.73. The van der Waals surface area contributed by atoms with Crippen molar-refractivity contribution in [3.8, 4) is 0 Å². The molecule has 74 valence electrons. The summed E-state index contributed by atoms with van der Waals surface area (Å²) in [5.41, 5.74) is 0. The SMILES string of the molecule is CCCC(Cc1ccc(Br)s1)NC. The van der Waals surface area contributed by atoms with Gasteiger partial charge in [0.25, 0.3) is 0 Å². The Morgan fingerprint density at radius 1 is 1.54 bits per heavy atom. The van der Waals surface area contributed by atoms with Crippen LogP contribution in [0, 0.1) is 0 Å². The Kier molecular flexibility index (Phi) is 4.99. The van der Waals surface area contributed by atoms with E-state index in [0.717, 1.165) is 6.42 Å². The Bertz CT molecular complexity index is 247. The van der Waals surface area contributed by atoms with Crippen molar-refractivity contribution in [1.29, 1.82) is 0 Å². The van der Waals surface area contributed by atoms with E-state index >= 15 is 0 Å². The first-order chi connectivity index (χ1) is 6.26. The molecule has 0 radical (unpaired) electrons. The largest absolute Gasteiger partial charge is 0.317 e. The molecule has 0 amide bonds. The zero-order valence-electron chi connectivity index (χ0n) is 8.14. The lowest BCUT2D eigenvalue weighted by Crippen LogP contribution is -2.26. The van der Waals surface area contributed by atoms with Crippen LogP contribution in [0.5, 0.6) is 0 Å². The van der Waals surface area contributed by atoms with Crippen LogP contribution in [-0.4, -0.2) is 13.1 Å². The average molecular weight is 262 g/mol. The number of thiophene rings is 1. The maximum Gasteiger partial charge on any atom is 0.0701 e. The second-order valence-electron chi connectivity index (χ2n) is 3.18. The van der Waals surface area contributed by atoms with Gasteiger partial charge in [-0.25, -0.2) is 0 Å². The summed E-state index contributed by atoms with van der Waals surface area (Å²) in [5.74, 6) is 0.